The fraction of sp³-hybridized carbons (Fsp3) is 0.333. The molecule has 2 aromatic carbocycles. The molecule has 1 fully saturated rings. The third-order valence-electron chi connectivity index (χ3n) is 4.89. The van der Waals surface area contributed by atoms with Crippen LogP contribution in [0.3, 0.4) is 0 Å². The number of nitrogens with two attached hydrogens (primary N) is 1. The van der Waals surface area contributed by atoms with Crippen LogP contribution in [0.15, 0.2) is 42.5 Å². The van der Waals surface area contributed by atoms with Gasteiger partial charge in [0, 0.05) is 6.54 Å². The molecule has 0 spiro atoms. The van der Waals surface area contributed by atoms with Gasteiger partial charge in [0.25, 0.3) is 0 Å². The predicted octanol–water partition coefficient (Wildman–Crippen LogP) is 3.73. The van der Waals surface area contributed by atoms with Crippen LogP contribution in [0.4, 0.5) is 14.5 Å². The number of carbonyl (C=O) groups is 2. The summed E-state index contributed by atoms with van der Waals surface area (Å²) in [5.41, 5.74) is 5.47. The number of rotatable bonds is 7. The second-order valence-corrected chi connectivity index (χ2v) is 6.91. The van der Waals surface area contributed by atoms with Gasteiger partial charge in [-0.05, 0) is 48.9 Å². The van der Waals surface area contributed by atoms with Crippen molar-refractivity contribution in [2.75, 3.05) is 5.73 Å². The zero-order chi connectivity index (χ0) is 20.1. The zero-order valence-electron chi connectivity index (χ0n) is 15.3. The van der Waals surface area contributed by atoms with Crippen LogP contribution in [0.25, 0.3) is 0 Å². The Morgan fingerprint density at radius 3 is 2.36 bits per heavy atom. The van der Waals surface area contributed by atoms with Gasteiger partial charge in [0.05, 0.1) is 0 Å². The molecule has 1 saturated carbocycles. The molecule has 28 heavy (non-hydrogen) atoms. The molecule has 1 amide bonds. The number of hydrogen-bond donors (Lipinski definition) is 1. The summed E-state index contributed by atoms with van der Waals surface area (Å²) >= 11 is 0. The Balaban J connectivity index is 1.88. The molecular formula is C21H22F2N2O3. The molecule has 1 unspecified atom stereocenters. The average Bonchev–Trinajstić information content (AvgIpc) is 3.19. The normalized spacial score (nSPS) is 15.2. The highest BCUT2D eigenvalue weighted by atomic mass is 19.1. The summed E-state index contributed by atoms with van der Waals surface area (Å²) in [7, 11) is 0. The van der Waals surface area contributed by atoms with E-state index in [2.05, 4.69) is 0 Å². The maximum Gasteiger partial charge on any atom is 0.333 e. The van der Waals surface area contributed by atoms with E-state index in [-0.39, 0.29) is 18.2 Å². The SMILES string of the molecule is Nc1c(F)cc(CN(C=O)C(C(=O)OC2CCCC2)c2ccccc2)cc1F. The molecule has 0 heterocycles. The van der Waals surface area contributed by atoms with Crippen molar-refractivity contribution >= 4 is 18.1 Å². The van der Waals surface area contributed by atoms with Crippen molar-refractivity contribution in [1.29, 1.82) is 0 Å². The Hall–Kier alpha value is -2.96. The summed E-state index contributed by atoms with van der Waals surface area (Å²) < 4.78 is 33.2. The maximum absolute atomic E-state index is 13.8. The Bertz CT molecular complexity index is 816. The van der Waals surface area contributed by atoms with Gasteiger partial charge in [0.1, 0.15) is 23.4 Å². The number of nitrogen functional groups attached to an aromatic ring is 1. The number of nitrogens with zero attached hydrogens (tertiary/aromatic N) is 1. The van der Waals surface area contributed by atoms with Gasteiger partial charge in [-0.15, -0.1) is 0 Å². The number of esters is 1. The highest BCUT2D eigenvalue weighted by Gasteiger charge is 2.31. The fourth-order valence-electron chi connectivity index (χ4n) is 3.46. The van der Waals surface area contributed by atoms with Crippen LogP contribution in [0.1, 0.15) is 42.9 Å². The molecule has 3 rings (SSSR count). The van der Waals surface area contributed by atoms with E-state index < -0.39 is 29.3 Å². The number of ether oxygens (including phenoxy) is 1. The lowest BCUT2D eigenvalue weighted by Crippen LogP contribution is -2.35. The summed E-state index contributed by atoms with van der Waals surface area (Å²) in [6, 6.07) is 9.80. The molecule has 0 aliphatic heterocycles. The van der Waals surface area contributed by atoms with Gasteiger partial charge in [-0.25, -0.2) is 13.6 Å². The van der Waals surface area contributed by atoms with E-state index in [1.165, 1.54) is 4.90 Å². The minimum absolute atomic E-state index is 0.168. The monoisotopic (exact) mass is 388 g/mol. The third-order valence-corrected chi connectivity index (χ3v) is 4.89. The minimum Gasteiger partial charge on any atom is -0.461 e. The van der Waals surface area contributed by atoms with E-state index in [1.807, 2.05) is 0 Å². The first-order chi connectivity index (χ1) is 13.5. The first-order valence-electron chi connectivity index (χ1n) is 9.19. The van der Waals surface area contributed by atoms with Crippen LogP contribution in [0, 0.1) is 11.6 Å². The second kappa shape index (κ2) is 8.82. The van der Waals surface area contributed by atoms with Crippen LogP contribution in [0.5, 0.6) is 0 Å². The predicted molar refractivity (Wildman–Crippen MR) is 99.9 cm³/mol. The highest BCUT2D eigenvalue weighted by Crippen LogP contribution is 2.28. The number of carbonyl (C=O) groups excluding carboxylic acids is 2. The first kappa shape index (κ1) is 19.8. The van der Waals surface area contributed by atoms with Crippen molar-refractivity contribution in [3.63, 3.8) is 0 Å². The largest absolute Gasteiger partial charge is 0.461 e. The summed E-state index contributed by atoms with van der Waals surface area (Å²) in [6.07, 6.45) is 3.90. The van der Waals surface area contributed by atoms with Crippen molar-refractivity contribution in [2.45, 2.75) is 44.4 Å². The van der Waals surface area contributed by atoms with Crippen LogP contribution in [0.2, 0.25) is 0 Å². The Labute approximate surface area is 162 Å². The topological polar surface area (TPSA) is 72.6 Å². The quantitative estimate of drug-likeness (QED) is 0.446. The van der Waals surface area contributed by atoms with E-state index in [1.54, 1.807) is 30.3 Å². The molecule has 2 aromatic rings. The van der Waals surface area contributed by atoms with Gasteiger partial charge in [-0.1, -0.05) is 30.3 Å². The molecule has 148 valence electrons. The van der Waals surface area contributed by atoms with Crippen LogP contribution < -0.4 is 5.73 Å². The minimum atomic E-state index is -1.01. The lowest BCUT2D eigenvalue weighted by molar-refractivity contribution is -0.157. The Kier molecular flexibility index (Phi) is 6.23. The number of benzene rings is 2. The van der Waals surface area contributed by atoms with Crippen LogP contribution in [-0.4, -0.2) is 23.4 Å². The summed E-state index contributed by atoms with van der Waals surface area (Å²) in [5.74, 6) is -2.38. The molecule has 2 N–H and O–H groups in total. The van der Waals surface area contributed by atoms with Gasteiger partial charge in [0.15, 0.2) is 6.04 Å². The van der Waals surface area contributed by atoms with Crippen LogP contribution >= 0.6 is 0 Å². The van der Waals surface area contributed by atoms with Gasteiger partial charge in [-0.2, -0.15) is 0 Å². The number of hydrogen-bond acceptors (Lipinski definition) is 4. The Morgan fingerprint density at radius 2 is 1.79 bits per heavy atom. The summed E-state index contributed by atoms with van der Waals surface area (Å²) in [5, 5.41) is 0. The van der Waals surface area contributed by atoms with E-state index in [9.17, 15) is 18.4 Å². The van der Waals surface area contributed by atoms with Crippen molar-refractivity contribution in [2.24, 2.45) is 0 Å². The lowest BCUT2D eigenvalue weighted by atomic mass is 10.0. The highest BCUT2D eigenvalue weighted by molar-refractivity contribution is 5.80. The van der Waals surface area contributed by atoms with Gasteiger partial charge in [0.2, 0.25) is 6.41 Å². The van der Waals surface area contributed by atoms with E-state index in [0.717, 1.165) is 37.8 Å². The molecule has 7 heteroatoms. The van der Waals surface area contributed by atoms with Gasteiger partial charge >= 0.3 is 5.97 Å². The van der Waals surface area contributed by atoms with Crippen LogP contribution in [-0.2, 0) is 20.9 Å². The first-order valence-corrected chi connectivity index (χ1v) is 9.19. The standard InChI is InChI=1S/C21H22F2N2O3/c22-17-10-14(11-18(23)19(17)24)12-25(13-26)20(15-6-2-1-3-7-15)21(27)28-16-8-4-5-9-16/h1-3,6-7,10-11,13,16,20H,4-5,8-9,12,24H2. The van der Waals surface area contributed by atoms with Crippen molar-refractivity contribution in [3.05, 3.63) is 65.2 Å². The molecule has 0 saturated heterocycles. The van der Waals surface area contributed by atoms with Crippen molar-refractivity contribution < 1.29 is 23.1 Å². The summed E-state index contributed by atoms with van der Waals surface area (Å²) in [4.78, 5) is 25.9. The molecule has 1 atom stereocenters. The lowest BCUT2D eigenvalue weighted by Gasteiger charge is -2.28. The summed E-state index contributed by atoms with van der Waals surface area (Å²) in [6.45, 7) is -0.170. The van der Waals surface area contributed by atoms with Crippen molar-refractivity contribution in [3.8, 4) is 0 Å². The number of anilines is 1. The van der Waals surface area contributed by atoms with E-state index in [0.29, 0.717) is 12.0 Å². The molecule has 0 radical (unpaired) electrons. The van der Waals surface area contributed by atoms with Gasteiger partial charge < -0.3 is 15.4 Å². The number of amides is 1. The van der Waals surface area contributed by atoms with Gasteiger partial charge in [-0.3, -0.25) is 4.79 Å². The van der Waals surface area contributed by atoms with E-state index in [4.69, 9.17) is 10.5 Å². The zero-order valence-corrected chi connectivity index (χ0v) is 15.3. The fourth-order valence-corrected chi connectivity index (χ4v) is 3.46. The molecule has 1 aliphatic rings. The smallest absolute Gasteiger partial charge is 0.333 e. The Morgan fingerprint density at radius 1 is 1.18 bits per heavy atom. The average molecular weight is 388 g/mol. The second-order valence-electron chi connectivity index (χ2n) is 6.91. The maximum atomic E-state index is 13.8. The molecule has 5 nitrogen and oxygen atoms in total. The number of halogens is 2. The molecular weight excluding hydrogens is 366 g/mol. The van der Waals surface area contributed by atoms with Crippen molar-refractivity contribution in [1.82, 2.24) is 4.90 Å². The molecule has 1 aliphatic carbocycles. The third kappa shape index (κ3) is 4.47. The van der Waals surface area contributed by atoms with E-state index >= 15 is 0 Å². The molecule has 0 bridgehead atoms. The molecule has 0 aromatic heterocycles.